The third kappa shape index (κ3) is 7.02. The maximum absolute atomic E-state index is 13.3. The highest BCUT2D eigenvalue weighted by Gasteiger charge is 2.36. The maximum Gasteiger partial charge on any atom is 0.234 e. The van der Waals surface area contributed by atoms with Crippen molar-refractivity contribution in [3.8, 4) is 6.07 Å². The molecular formula is C24H31FN6O3. The second kappa shape index (κ2) is 12.1. The first-order chi connectivity index (χ1) is 16.4. The number of nitrogens with one attached hydrogen (secondary N) is 3. The molecule has 9 nitrogen and oxygen atoms in total. The summed E-state index contributed by atoms with van der Waals surface area (Å²) in [4.78, 5) is 31.1. The summed E-state index contributed by atoms with van der Waals surface area (Å²) in [5, 5.41) is 18.7. The summed E-state index contributed by atoms with van der Waals surface area (Å²) in [7, 11) is 3.62. The third-order valence-electron chi connectivity index (χ3n) is 5.65. The Morgan fingerprint density at radius 1 is 1.26 bits per heavy atom. The standard InChI is InChI=1S/C24H31FN6O3/c1-31(2)15-21(33)28-18(6-4-3-5-7-20(32)24-27-12-13-34-24)22-19(14-26)29-23(30-22)16-8-10-17(25)11-9-16/h8-13,18-19,22,24,27H,3-7,15H2,1-2H3,(H,28,33)(H,29,30)/t18-,19?,22?,24?/m0/s1. The van der Waals surface area contributed by atoms with Gasteiger partial charge in [-0.1, -0.05) is 12.8 Å². The van der Waals surface area contributed by atoms with E-state index in [1.54, 1.807) is 23.2 Å². The lowest BCUT2D eigenvalue weighted by atomic mass is 9.96. The molecule has 10 heteroatoms. The van der Waals surface area contributed by atoms with Crippen molar-refractivity contribution in [3.05, 3.63) is 48.1 Å². The zero-order chi connectivity index (χ0) is 24.5. The molecule has 2 aliphatic heterocycles. The number of aliphatic imine (C=N–C) groups is 1. The fourth-order valence-electron chi connectivity index (χ4n) is 3.98. The van der Waals surface area contributed by atoms with E-state index in [1.165, 1.54) is 18.4 Å². The van der Waals surface area contributed by atoms with Crippen LogP contribution in [-0.2, 0) is 14.3 Å². The van der Waals surface area contributed by atoms with Crippen LogP contribution in [0.15, 0.2) is 41.7 Å². The van der Waals surface area contributed by atoms with Crippen molar-refractivity contribution in [2.24, 2.45) is 4.99 Å². The van der Waals surface area contributed by atoms with Gasteiger partial charge in [0.1, 0.15) is 30.0 Å². The van der Waals surface area contributed by atoms with Crippen molar-refractivity contribution in [2.75, 3.05) is 20.6 Å². The topological polar surface area (TPSA) is 119 Å². The first-order valence-corrected chi connectivity index (χ1v) is 11.4. The molecule has 0 aliphatic carbocycles. The fourth-order valence-corrected chi connectivity index (χ4v) is 3.98. The highest BCUT2D eigenvalue weighted by molar-refractivity contribution is 6.00. The van der Waals surface area contributed by atoms with Gasteiger partial charge in [-0.15, -0.1) is 0 Å². The van der Waals surface area contributed by atoms with Gasteiger partial charge in [0.15, 0.2) is 5.78 Å². The van der Waals surface area contributed by atoms with E-state index in [9.17, 15) is 19.2 Å². The highest BCUT2D eigenvalue weighted by Crippen LogP contribution is 2.20. The van der Waals surface area contributed by atoms with Crippen LogP contribution in [0.25, 0.3) is 0 Å². The largest absolute Gasteiger partial charge is 0.469 e. The van der Waals surface area contributed by atoms with Gasteiger partial charge in [0.05, 0.1) is 18.7 Å². The number of hydrogen-bond donors (Lipinski definition) is 3. The Balaban J connectivity index is 1.62. The minimum atomic E-state index is -0.621. The Hall–Kier alpha value is -3.45. The lowest BCUT2D eigenvalue weighted by Crippen LogP contribution is -2.50. The van der Waals surface area contributed by atoms with Gasteiger partial charge >= 0.3 is 0 Å². The van der Waals surface area contributed by atoms with E-state index in [0.717, 1.165) is 12.8 Å². The number of Topliss-reactive ketones (excluding diaryl/α,β-unsaturated/α-hetero) is 1. The van der Waals surface area contributed by atoms with Gasteiger partial charge in [-0.05, 0) is 51.2 Å². The van der Waals surface area contributed by atoms with E-state index < -0.39 is 18.3 Å². The van der Waals surface area contributed by atoms with Crippen LogP contribution in [0.4, 0.5) is 4.39 Å². The van der Waals surface area contributed by atoms with E-state index >= 15 is 0 Å². The molecule has 3 rings (SSSR count). The number of ether oxygens (including phenoxy) is 1. The molecular weight excluding hydrogens is 439 g/mol. The number of rotatable bonds is 12. The van der Waals surface area contributed by atoms with Crippen LogP contribution in [0, 0.1) is 17.1 Å². The predicted molar refractivity (Wildman–Crippen MR) is 125 cm³/mol. The minimum Gasteiger partial charge on any atom is -0.469 e. The molecule has 0 fully saturated rings. The van der Waals surface area contributed by atoms with Crippen LogP contribution in [-0.4, -0.2) is 67.4 Å². The number of nitriles is 1. The van der Waals surface area contributed by atoms with Gasteiger partial charge in [-0.2, -0.15) is 5.26 Å². The average molecular weight is 471 g/mol. The Kier molecular flexibility index (Phi) is 8.99. The number of amidine groups is 1. The predicted octanol–water partition coefficient (Wildman–Crippen LogP) is 1.42. The van der Waals surface area contributed by atoms with Gasteiger partial charge in [0.2, 0.25) is 12.1 Å². The summed E-state index contributed by atoms with van der Waals surface area (Å²) >= 11 is 0. The second-order valence-corrected chi connectivity index (χ2v) is 8.69. The van der Waals surface area contributed by atoms with Crippen molar-refractivity contribution in [3.63, 3.8) is 0 Å². The number of halogens is 1. The van der Waals surface area contributed by atoms with E-state index in [0.29, 0.717) is 30.7 Å². The Labute approximate surface area is 199 Å². The first kappa shape index (κ1) is 25.2. The lowest BCUT2D eigenvalue weighted by Gasteiger charge is -2.25. The fraction of sp³-hybridized carbons (Fsp3) is 0.500. The molecule has 2 aliphatic rings. The molecule has 2 heterocycles. The number of nitrogens with zero attached hydrogens (tertiary/aromatic N) is 3. The van der Waals surface area contributed by atoms with Gasteiger partial charge in [0, 0.05) is 18.2 Å². The van der Waals surface area contributed by atoms with E-state index in [4.69, 9.17) is 9.73 Å². The van der Waals surface area contributed by atoms with Crippen LogP contribution in [0.2, 0.25) is 0 Å². The number of likely N-dealkylation sites (N-methyl/N-ethyl adjacent to an activating group) is 1. The Morgan fingerprint density at radius 2 is 2.03 bits per heavy atom. The summed E-state index contributed by atoms with van der Waals surface area (Å²) in [5.74, 6) is 0.00409. The molecule has 1 amide bonds. The molecule has 0 aromatic heterocycles. The van der Waals surface area contributed by atoms with Crippen molar-refractivity contribution in [2.45, 2.75) is 56.5 Å². The van der Waals surface area contributed by atoms with E-state index in [2.05, 4.69) is 22.0 Å². The number of carbonyl (C=O) groups excluding carboxylic acids is 2. The normalized spacial score (nSPS) is 21.7. The molecule has 182 valence electrons. The van der Waals surface area contributed by atoms with E-state index in [-0.39, 0.29) is 30.1 Å². The second-order valence-electron chi connectivity index (χ2n) is 8.69. The molecule has 0 radical (unpaired) electrons. The van der Waals surface area contributed by atoms with Crippen molar-refractivity contribution >= 4 is 17.5 Å². The van der Waals surface area contributed by atoms with Crippen LogP contribution < -0.4 is 16.0 Å². The van der Waals surface area contributed by atoms with Gasteiger partial charge < -0.3 is 25.6 Å². The number of benzene rings is 1. The van der Waals surface area contributed by atoms with Gasteiger partial charge in [-0.3, -0.25) is 14.6 Å². The molecule has 1 aromatic rings. The first-order valence-electron chi connectivity index (χ1n) is 11.4. The Morgan fingerprint density at radius 3 is 2.68 bits per heavy atom. The van der Waals surface area contributed by atoms with Crippen LogP contribution in [0.5, 0.6) is 0 Å². The smallest absolute Gasteiger partial charge is 0.234 e. The van der Waals surface area contributed by atoms with Gasteiger partial charge in [0.25, 0.3) is 0 Å². The molecule has 1 aromatic carbocycles. The zero-order valence-electron chi connectivity index (χ0n) is 19.5. The minimum absolute atomic E-state index is 0.00101. The zero-order valence-corrected chi connectivity index (χ0v) is 19.5. The quantitative estimate of drug-likeness (QED) is 0.395. The number of unbranched alkanes of at least 4 members (excludes halogenated alkanes) is 2. The number of hydrogen-bond acceptors (Lipinski definition) is 8. The summed E-state index contributed by atoms with van der Waals surface area (Å²) in [6, 6.07) is 6.66. The average Bonchev–Trinajstić information content (AvgIpc) is 3.48. The van der Waals surface area contributed by atoms with Crippen LogP contribution in [0.1, 0.15) is 37.7 Å². The molecule has 4 atom stereocenters. The summed E-state index contributed by atoms with van der Waals surface area (Å²) in [6.07, 6.45) is 5.72. The van der Waals surface area contributed by atoms with E-state index in [1.807, 2.05) is 14.1 Å². The third-order valence-corrected chi connectivity index (χ3v) is 5.65. The van der Waals surface area contributed by atoms with Crippen LogP contribution in [0.3, 0.4) is 0 Å². The lowest BCUT2D eigenvalue weighted by molar-refractivity contribution is -0.127. The molecule has 34 heavy (non-hydrogen) atoms. The maximum atomic E-state index is 13.3. The number of amides is 1. The molecule has 3 unspecified atom stereocenters. The van der Waals surface area contributed by atoms with Gasteiger partial charge in [-0.25, -0.2) is 4.39 Å². The summed E-state index contributed by atoms with van der Waals surface area (Å²) < 4.78 is 18.5. The number of carbonyl (C=O) groups is 2. The molecule has 0 saturated carbocycles. The SMILES string of the molecule is CN(C)CC(=O)N[C@@H](CCCCCC(=O)C1NC=CO1)C1N=C(c2ccc(F)cc2)NC1C#N. The monoisotopic (exact) mass is 470 g/mol. The summed E-state index contributed by atoms with van der Waals surface area (Å²) in [6.45, 7) is 0.222. The highest BCUT2D eigenvalue weighted by atomic mass is 19.1. The van der Waals surface area contributed by atoms with Crippen molar-refractivity contribution < 1.29 is 18.7 Å². The van der Waals surface area contributed by atoms with Crippen molar-refractivity contribution in [1.29, 1.82) is 5.26 Å². The Bertz CT molecular complexity index is 948. The van der Waals surface area contributed by atoms with Crippen LogP contribution >= 0.6 is 0 Å². The van der Waals surface area contributed by atoms with Crippen molar-refractivity contribution in [1.82, 2.24) is 20.9 Å². The number of ketones is 1. The summed E-state index contributed by atoms with van der Waals surface area (Å²) in [5.41, 5.74) is 0.679. The molecule has 0 bridgehead atoms. The molecule has 0 spiro atoms. The molecule has 3 N–H and O–H groups in total. The molecule has 0 saturated heterocycles.